The van der Waals surface area contributed by atoms with Gasteiger partial charge in [0.1, 0.15) is 0 Å². The Kier molecular flexibility index (Phi) is 8.33. The molecule has 21 heavy (non-hydrogen) atoms. The quantitative estimate of drug-likeness (QED) is 0.647. The number of sulfonamides is 1. The summed E-state index contributed by atoms with van der Waals surface area (Å²) in [4.78, 5) is 0.341. The van der Waals surface area contributed by atoms with E-state index < -0.39 is 10.0 Å². The zero-order valence-corrected chi connectivity index (χ0v) is 14.5. The lowest BCUT2D eigenvalue weighted by Gasteiger charge is -2.11. The van der Waals surface area contributed by atoms with Gasteiger partial charge in [-0.1, -0.05) is 25.0 Å². The molecule has 0 amide bonds. The third-order valence-electron chi connectivity index (χ3n) is 3.47. The molecular formula is C15H26N2O2S2. The first kappa shape index (κ1) is 18.5. The molecule has 4 nitrogen and oxygen atoms in total. The number of nitrogens with one attached hydrogen (secondary N) is 1. The second-order valence-corrected chi connectivity index (χ2v) is 7.77. The normalized spacial score (nSPS) is 11.8. The van der Waals surface area contributed by atoms with E-state index in [4.69, 9.17) is 5.73 Å². The third-order valence-corrected chi connectivity index (χ3v) is 5.78. The zero-order valence-electron chi connectivity index (χ0n) is 12.9. The van der Waals surface area contributed by atoms with E-state index in [1.165, 1.54) is 12.2 Å². The maximum Gasteiger partial charge on any atom is 0.240 e. The van der Waals surface area contributed by atoms with Crippen molar-refractivity contribution in [2.75, 3.05) is 18.6 Å². The maximum absolute atomic E-state index is 12.3. The first-order valence-corrected chi connectivity index (χ1v) is 10.2. The van der Waals surface area contributed by atoms with E-state index in [-0.39, 0.29) is 0 Å². The van der Waals surface area contributed by atoms with Crippen LogP contribution in [-0.2, 0) is 16.6 Å². The van der Waals surface area contributed by atoms with Gasteiger partial charge in [-0.3, -0.25) is 0 Å². The maximum atomic E-state index is 12.3. The summed E-state index contributed by atoms with van der Waals surface area (Å²) in [6.45, 7) is 2.65. The predicted molar refractivity (Wildman–Crippen MR) is 91.1 cm³/mol. The SMILES string of the molecule is CSCCCCCCNS(=O)(=O)c1cccc(CN)c1C. The minimum atomic E-state index is -3.43. The molecule has 120 valence electrons. The van der Waals surface area contributed by atoms with Gasteiger partial charge in [-0.2, -0.15) is 11.8 Å². The predicted octanol–water partition coefficient (Wildman–Crippen LogP) is 2.66. The highest BCUT2D eigenvalue weighted by Gasteiger charge is 2.17. The van der Waals surface area contributed by atoms with Crippen LogP contribution in [0.25, 0.3) is 0 Å². The van der Waals surface area contributed by atoms with Gasteiger partial charge < -0.3 is 5.73 Å². The van der Waals surface area contributed by atoms with Crippen molar-refractivity contribution in [3.63, 3.8) is 0 Å². The molecule has 0 saturated heterocycles. The van der Waals surface area contributed by atoms with Gasteiger partial charge in [0.25, 0.3) is 0 Å². The molecule has 0 aliphatic carbocycles. The summed E-state index contributed by atoms with van der Waals surface area (Å²) >= 11 is 1.85. The molecule has 0 radical (unpaired) electrons. The van der Waals surface area contributed by atoms with E-state index in [1.54, 1.807) is 19.1 Å². The summed E-state index contributed by atoms with van der Waals surface area (Å²) in [6, 6.07) is 5.24. The van der Waals surface area contributed by atoms with Crippen molar-refractivity contribution >= 4 is 21.8 Å². The monoisotopic (exact) mass is 330 g/mol. The van der Waals surface area contributed by atoms with Gasteiger partial charge in [0, 0.05) is 13.1 Å². The summed E-state index contributed by atoms with van der Waals surface area (Å²) in [7, 11) is -3.43. The van der Waals surface area contributed by atoms with Crippen LogP contribution in [0, 0.1) is 6.92 Å². The van der Waals surface area contributed by atoms with Crippen LogP contribution < -0.4 is 10.5 Å². The highest BCUT2D eigenvalue weighted by Crippen LogP contribution is 2.18. The van der Waals surface area contributed by atoms with Crippen LogP contribution in [0.2, 0.25) is 0 Å². The van der Waals surface area contributed by atoms with E-state index >= 15 is 0 Å². The molecule has 0 spiro atoms. The van der Waals surface area contributed by atoms with E-state index in [0.717, 1.165) is 30.4 Å². The van der Waals surface area contributed by atoms with Crippen LogP contribution >= 0.6 is 11.8 Å². The number of hydrogen-bond donors (Lipinski definition) is 2. The molecule has 0 atom stereocenters. The lowest BCUT2D eigenvalue weighted by molar-refractivity contribution is 0.573. The molecule has 0 heterocycles. The number of rotatable bonds is 10. The van der Waals surface area contributed by atoms with Crippen LogP contribution in [0.4, 0.5) is 0 Å². The van der Waals surface area contributed by atoms with Crippen LogP contribution in [-0.4, -0.2) is 27.0 Å². The number of unbranched alkanes of at least 4 members (excludes halogenated alkanes) is 3. The van der Waals surface area contributed by atoms with Gasteiger partial charge >= 0.3 is 0 Å². The van der Waals surface area contributed by atoms with Crippen LogP contribution in [0.1, 0.15) is 36.8 Å². The van der Waals surface area contributed by atoms with Crippen molar-refractivity contribution in [2.45, 2.75) is 44.0 Å². The minimum absolute atomic E-state index is 0.341. The van der Waals surface area contributed by atoms with Gasteiger partial charge in [-0.25, -0.2) is 13.1 Å². The fraction of sp³-hybridized carbons (Fsp3) is 0.600. The number of nitrogens with two attached hydrogens (primary N) is 1. The fourth-order valence-electron chi connectivity index (χ4n) is 2.18. The van der Waals surface area contributed by atoms with Crippen molar-refractivity contribution in [1.29, 1.82) is 0 Å². The van der Waals surface area contributed by atoms with E-state index in [2.05, 4.69) is 11.0 Å². The molecule has 1 aromatic carbocycles. The summed E-state index contributed by atoms with van der Waals surface area (Å²) in [6.07, 6.45) is 6.40. The lowest BCUT2D eigenvalue weighted by atomic mass is 10.1. The highest BCUT2D eigenvalue weighted by molar-refractivity contribution is 7.98. The largest absolute Gasteiger partial charge is 0.326 e. The summed E-state index contributed by atoms with van der Waals surface area (Å²) in [5.41, 5.74) is 7.24. The van der Waals surface area contributed by atoms with Gasteiger partial charge in [0.05, 0.1) is 4.90 Å². The second kappa shape index (κ2) is 9.46. The number of hydrogen-bond acceptors (Lipinski definition) is 4. The number of benzene rings is 1. The molecule has 0 aliphatic heterocycles. The Morgan fingerprint density at radius 1 is 1.19 bits per heavy atom. The van der Waals surface area contributed by atoms with E-state index in [9.17, 15) is 8.42 Å². The highest BCUT2D eigenvalue weighted by atomic mass is 32.2. The zero-order chi connectivity index (χ0) is 15.7. The molecular weight excluding hydrogens is 304 g/mol. The van der Waals surface area contributed by atoms with Gasteiger partial charge in [0.15, 0.2) is 0 Å². The van der Waals surface area contributed by atoms with Gasteiger partial charge in [-0.05, 0) is 49.0 Å². The lowest BCUT2D eigenvalue weighted by Crippen LogP contribution is -2.26. The Labute approximate surface area is 132 Å². The molecule has 0 aromatic heterocycles. The third kappa shape index (κ3) is 5.98. The smallest absolute Gasteiger partial charge is 0.240 e. The van der Waals surface area contributed by atoms with Crippen LogP contribution in [0.5, 0.6) is 0 Å². The van der Waals surface area contributed by atoms with Crippen LogP contribution in [0.15, 0.2) is 23.1 Å². The first-order valence-electron chi connectivity index (χ1n) is 7.30. The molecule has 0 bridgehead atoms. The van der Waals surface area contributed by atoms with Crippen molar-refractivity contribution in [3.05, 3.63) is 29.3 Å². The summed E-state index contributed by atoms with van der Waals surface area (Å²) < 4.78 is 27.3. The molecule has 3 N–H and O–H groups in total. The first-order chi connectivity index (χ1) is 10.0. The Balaban J connectivity index is 2.51. The average molecular weight is 331 g/mol. The van der Waals surface area contributed by atoms with Crippen molar-refractivity contribution in [1.82, 2.24) is 4.72 Å². The van der Waals surface area contributed by atoms with Crippen molar-refractivity contribution in [3.8, 4) is 0 Å². The number of thioether (sulfide) groups is 1. The topological polar surface area (TPSA) is 72.2 Å². The second-order valence-electron chi connectivity index (χ2n) is 5.05. The van der Waals surface area contributed by atoms with E-state index in [0.29, 0.717) is 18.0 Å². The molecule has 0 unspecified atom stereocenters. The Hall–Kier alpha value is -0.560. The van der Waals surface area contributed by atoms with Crippen molar-refractivity contribution in [2.24, 2.45) is 5.73 Å². The Morgan fingerprint density at radius 3 is 2.57 bits per heavy atom. The van der Waals surface area contributed by atoms with Gasteiger partial charge in [-0.15, -0.1) is 0 Å². The summed E-state index contributed by atoms with van der Waals surface area (Å²) in [5.74, 6) is 1.18. The standard InChI is InChI=1S/C15H26N2O2S2/c1-13-14(12-16)8-7-9-15(13)21(18,19)17-10-5-3-4-6-11-20-2/h7-9,17H,3-6,10-12,16H2,1-2H3. The van der Waals surface area contributed by atoms with Crippen LogP contribution in [0.3, 0.4) is 0 Å². The van der Waals surface area contributed by atoms with Gasteiger partial charge in [0.2, 0.25) is 10.0 Å². The minimum Gasteiger partial charge on any atom is -0.326 e. The Morgan fingerprint density at radius 2 is 1.90 bits per heavy atom. The molecule has 0 saturated carbocycles. The molecule has 0 fully saturated rings. The fourth-order valence-corrected chi connectivity index (χ4v) is 4.03. The molecule has 6 heteroatoms. The van der Waals surface area contributed by atoms with Crippen molar-refractivity contribution < 1.29 is 8.42 Å². The Bertz CT molecular complexity index is 530. The molecule has 1 aromatic rings. The summed E-state index contributed by atoms with van der Waals surface area (Å²) in [5, 5.41) is 0. The average Bonchev–Trinajstić information content (AvgIpc) is 2.46. The molecule has 1 rings (SSSR count). The van der Waals surface area contributed by atoms with E-state index in [1.807, 2.05) is 17.8 Å². The molecule has 0 aliphatic rings.